The van der Waals surface area contributed by atoms with Gasteiger partial charge in [-0.2, -0.15) is 5.10 Å². The van der Waals surface area contributed by atoms with Gasteiger partial charge in [0.2, 0.25) is 0 Å². The quantitative estimate of drug-likeness (QED) is 0.264. The van der Waals surface area contributed by atoms with Crippen LogP contribution < -0.4 is 5.01 Å². The molecule has 2 heteroatoms. The first-order chi connectivity index (χ1) is 16.3. The molecule has 0 aromatic heterocycles. The molecule has 0 fully saturated rings. The lowest BCUT2D eigenvalue weighted by atomic mass is 9.90. The van der Waals surface area contributed by atoms with Gasteiger partial charge in [0.05, 0.1) is 17.4 Å². The van der Waals surface area contributed by atoms with Crippen LogP contribution in [-0.2, 0) is 0 Å². The lowest BCUT2D eigenvalue weighted by Gasteiger charge is -2.25. The number of anilines is 1. The van der Waals surface area contributed by atoms with Crippen LogP contribution in [0.5, 0.6) is 0 Å². The predicted octanol–water partition coefficient (Wildman–Crippen LogP) is 7.94. The van der Waals surface area contributed by atoms with Crippen molar-refractivity contribution in [3.05, 3.63) is 126 Å². The van der Waals surface area contributed by atoms with E-state index in [1.54, 1.807) is 0 Å². The largest absolute Gasteiger partial charge is 0.257 e. The zero-order valence-electron chi connectivity index (χ0n) is 18.1. The highest BCUT2D eigenvalue weighted by molar-refractivity contribution is 6.23. The molecule has 0 aliphatic carbocycles. The van der Waals surface area contributed by atoms with Crippen LogP contribution in [-0.4, -0.2) is 5.71 Å². The molecule has 0 saturated heterocycles. The molecule has 6 aromatic rings. The number of para-hydroxylation sites is 1. The summed E-state index contributed by atoms with van der Waals surface area (Å²) in [5, 5.41) is 15.3. The minimum atomic E-state index is 0.157. The molecule has 1 aliphatic rings. The Hall–Kier alpha value is -4.17. The summed E-state index contributed by atoms with van der Waals surface area (Å²) in [6, 6.07) is 41.6. The highest BCUT2D eigenvalue weighted by atomic mass is 15.5. The zero-order chi connectivity index (χ0) is 21.8. The summed E-state index contributed by atoms with van der Waals surface area (Å²) in [6.45, 7) is 0. The van der Waals surface area contributed by atoms with Gasteiger partial charge in [-0.05, 0) is 67.7 Å². The van der Waals surface area contributed by atoms with Gasteiger partial charge >= 0.3 is 0 Å². The molecule has 0 amide bonds. The van der Waals surface area contributed by atoms with Gasteiger partial charge in [-0.25, -0.2) is 0 Å². The molecule has 0 spiro atoms. The first-order valence-corrected chi connectivity index (χ1v) is 11.5. The van der Waals surface area contributed by atoms with E-state index in [4.69, 9.17) is 5.10 Å². The van der Waals surface area contributed by atoms with Gasteiger partial charge in [0, 0.05) is 6.42 Å². The van der Waals surface area contributed by atoms with Crippen molar-refractivity contribution in [1.29, 1.82) is 0 Å². The molecular formula is C31H22N2. The first-order valence-electron chi connectivity index (χ1n) is 11.5. The van der Waals surface area contributed by atoms with Crippen molar-refractivity contribution in [2.75, 3.05) is 5.01 Å². The molecule has 1 unspecified atom stereocenters. The van der Waals surface area contributed by atoms with Crippen molar-refractivity contribution < 1.29 is 0 Å². The number of hydrazone groups is 1. The van der Waals surface area contributed by atoms with Crippen molar-refractivity contribution in [1.82, 2.24) is 0 Å². The van der Waals surface area contributed by atoms with E-state index in [0.29, 0.717) is 0 Å². The average molecular weight is 423 g/mol. The molecule has 0 radical (unpaired) electrons. The molecule has 0 saturated carbocycles. The van der Waals surface area contributed by atoms with Crippen LogP contribution >= 0.6 is 0 Å². The molecule has 1 heterocycles. The normalized spacial score (nSPS) is 16.2. The number of hydrogen-bond acceptors (Lipinski definition) is 2. The van der Waals surface area contributed by atoms with Crippen LogP contribution in [0.2, 0.25) is 0 Å². The summed E-state index contributed by atoms with van der Waals surface area (Å²) in [7, 11) is 0. The van der Waals surface area contributed by atoms with Crippen LogP contribution in [0.1, 0.15) is 23.6 Å². The van der Waals surface area contributed by atoms with Crippen LogP contribution in [0, 0.1) is 0 Å². The van der Waals surface area contributed by atoms with E-state index in [2.05, 4.69) is 120 Å². The van der Waals surface area contributed by atoms with Crippen molar-refractivity contribution in [3.8, 4) is 0 Å². The fraction of sp³-hybridized carbons (Fsp3) is 0.0645. The molecule has 0 bridgehead atoms. The predicted molar refractivity (Wildman–Crippen MR) is 139 cm³/mol. The molecule has 2 nitrogen and oxygen atoms in total. The van der Waals surface area contributed by atoms with Gasteiger partial charge in [0.25, 0.3) is 0 Å². The van der Waals surface area contributed by atoms with Crippen LogP contribution in [0.15, 0.2) is 120 Å². The SMILES string of the molecule is c1ccc(C2=NN(c3ccccc3)C(c3cc4ccc5cccc6ccc(c3)c4c56)C2)cc1. The summed E-state index contributed by atoms with van der Waals surface area (Å²) in [4.78, 5) is 0. The van der Waals surface area contributed by atoms with Crippen LogP contribution in [0.3, 0.4) is 0 Å². The Balaban J connectivity index is 1.41. The Morgan fingerprint density at radius 2 is 1.15 bits per heavy atom. The lowest BCUT2D eigenvalue weighted by Crippen LogP contribution is -2.18. The average Bonchev–Trinajstić information content (AvgIpc) is 3.34. The standard InChI is InChI=1S/C31H22N2/c1-3-8-21(9-4-1)28-20-29(33(32-28)27-12-5-2-6-13-27)26-18-24-16-14-22-10-7-11-23-15-17-25(19-26)31(24)30(22)23/h1-19,29H,20H2. The molecule has 1 aliphatic heterocycles. The second-order valence-corrected chi connectivity index (χ2v) is 8.87. The molecule has 1 atom stereocenters. The van der Waals surface area contributed by atoms with E-state index in [1.807, 2.05) is 0 Å². The summed E-state index contributed by atoms with van der Waals surface area (Å²) >= 11 is 0. The van der Waals surface area contributed by atoms with E-state index in [0.717, 1.165) is 17.8 Å². The number of hydrogen-bond donors (Lipinski definition) is 0. The zero-order valence-corrected chi connectivity index (χ0v) is 18.1. The lowest BCUT2D eigenvalue weighted by molar-refractivity contribution is 0.710. The second kappa shape index (κ2) is 7.18. The van der Waals surface area contributed by atoms with Gasteiger partial charge in [0.1, 0.15) is 0 Å². The van der Waals surface area contributed by atoms with Crippen molar-refractivity contribution in [2.24, 2.45) is 5.10 Å². The number of nitrogens with zero attached hydrogens (tertiary/aromatic N) is 2. The summed E-state index contributed by atoms with van der Waals surface area (Å²) < 4.78 is 0. The van der Waals surface area contributed by atoms with Gasteiger partial charge in [-0.1, -0.05) is 91.0 Å². The molecule has 6 aromatic carbocycles. The van der Waals surface area contributed by atoms with Gasteiger partial charge in [-0.15, -0.1) is 0 Å². The monoisotopic (exact) mass is 422 g/mol. The maximum absolute atomic E-state index is 5.12. The van der Waals surface area contributed by atoms with Crippen LogP contribution in [0.4, 0.5) is 5.69 Å². The van der Waals surface area contributed by atoms with Gasteiger partial charge < -0.3 is 0 Å². The Bertz CT molecular complexity index is 1570. The van der Waals surface area contributed by atoms with E-state index in [1.165, 1.54) is 43.4 Å². The van der Waals surface area contributed by atoms with Crippen molar-refractivity contribution in [2.45, 2.75) is 12.5 Å². The fourth-order valence-corrected chi connectivity index (χ4v) is 5.36. The van der Waals surface area contributed by atoms with E-state index in [9.17, 15) is 0 Å². The van der Waals surface area contributed by atoms with E-state index < -0.39 is 0 Å². The minimum absolute atomic E-state index is 0.157. The number of rotatable bonds is 3. The molecule has 156 valence electrons. The third kappa shape index (κ3) is 2.91. The maximum atomic E-state index is 5.12. The van der Waals surface area contributed by atoms with E-state index >= 15 is 0 Å². The van der Waals surface area contributed by atoms with E-state index in [-0.39, 0.29) is 6.04 Å². The smallest absolute Gasteiger partial charge is 0.0832 e. The Morgan fingerprint density at radius 1 is 0.576 bits per heavy atom. The van der Waals surface area contributed by atoms with Gasteiger partial charge in [0.15, 0.2) is 0 Å². The first kappa shape index (κ1) is 18.4. The summed E-state index contributed by atoms with van der Waals surface area (Å²) in [5.74, 6) is 0. The second-order valence-electron chi connectivity index (χ2n) is 8.87. The Labute approximate surface area is 192 Å². The van der Waals surface area contributed by atoms with Crippen molar-refractivity contribution in [3.63, 3.8) is 0 Å². The maximum Gasteiger partial charge on any atom is 0.0832 e. The molecule has 0 N–H and O–H groups in total. The fourth-order valence-electron chi connectivity index (χ4n) is 5.36. The highest BCUT2D eigenvalue weighted by Crippen LogP contribution is 2.41. The number of benzene rings is 6. The Morgan fingerprint density at radius 3 is 1.82 bits per heavy atom. The van der Waals surface area contributed by atoms with Crippen LogP contribution in [0.25, 0.3) is 32.3 Å². The van der Waals surface area contributed by atoms with Gasteiger partial charge in [-0.3, -0.25) is 5.01 Å². The molecular weight excluding hydrogens is 400 g/mol. The Kier molecular flexibility index (Phi) is 4.00. The topological polar surface area (TPSA) is 15.6 Å². The van der Waals surface area contributed by atoms with Crippen molar-refractivity contribution >= 4 is 43.7 Å². The summed E-state index contributed by atoms with van der Waals surface area (Å²) in [6.07, 6.45) is 0.881. The molecule has 33 heavy (non-hydrogen) atoms. The minimum Gasteiger partial charge on any atom is -0.257 e. The summed E-state index contributed by atoms with van der Waals surface area (Å²) in [5.41, 5.74) is 4.76. The molecule has 7 rings (SSSR count). The highest BCUT2D eigenvalue weighted by Gasteiger charge is 2.30. The third-order valence-corrected chi connectivity index (χ3v) is 6.91. The third-order valence-electron chi connectivity index (χ3n) is 6.91.